The number of nitrogens with zero attached hydrogens (tertiary/aromatic N) is 2. The van der Waals surface area contributed by atoms with E-state index in [1.807, 2.05) is 19.2 Å². The Hall–Kier alpha value is -1.78. The number of aromatic nitrogens is 2. The minimum atomic E-state index is 0.263. The highest BCUT2D eigenvalue weighted by Gasteiger charge is 2.14. The van der Waals surface area contributed by atoms with Crippen LogP contribution in [0.15, 0.2) is 48.1 Å². The molecule has 0 aliphatic carbocycles. The molecule has 0 bridgehead atoms. The molecule has 0 saturated heterocycles. The van der Waals surface area contributed by atoms with Gasteiger partial charge in [-0.2, -0.15) is 0 Å². The molecular weight excluding hydrogens is 254 g/mol. The van der Waals surface area contributed by atoms with Gasteiger partial charge in [-0.3, -0.25) is 9.97 Å². The third kappa shape index (κ3) is 2.50. The lowest BCUT2D eigenvalue weighted by Crippen LogP contribution is -2.19. The highest BCUT2D eigenvalue weighted by atomic mass is 32.1. The first-order chi connectivity index (χ1) is 9.38. The van der Waals surface area contributed by atoms with Crippen LogP contribution in [0.3, 0.4) is 0 Å². The predicted octanol–water partition coefficient (Wildman–Crippen LogP) is 3.19. The van der Waals surface area contributed by atoms with E-state index in [-0.39, 0.29) is 6.04 Å². The van der Waals surface area contributed by atoms with Crippen LogP contribution >= 0.6 is 11.3 Å². The highest BCUT2D eigenvalue weighted by molar-refractivity contribution is 7.09. The van der Waals surface area contributed by atoms with Gasteiger partial charge in [0.15, 0.2) is 0 Å². The molecule has 2 aromatic heterocycles. The Bertz CT molecular complexity index is 659. The Balaban J connectivity index is 2.01. The van der Waals surface area contributed by atoms with Crippen molar-refractivity contribution in [3.05, 3.63) is 58.5 Å². The number of nitrogens with one attached hydrogen (secondary N) is 1. The molecule has 0 fully saturated rings. The number of hydrogen-bond donors (Lipinski definition) is 1. The Morgan fingerprint density at radius 3 is 2.84 bits per heavy atom. The van der Waals surface area contributed by atoms with Crippen LogP contribution in [0.2, 0.25) is 0 Å². The van der Waals surface area contributed by atoms with Gasteiger partial charge >= 0.3 is 0 Å². The van der Waals surface area contributed by atoms with E-state index in [9.17, 15) is 0 Å². The van der Waals surface area contributed by atoms with Gasteiger partial charge in [0.1, 0.15) is 0 Å². The van der Waals surface area contributed by atoms with Crippen LogP contribution in [0.1, 0.15) is 16.5 Å². The van der Waals surface area contributed by atoms with Crippen LogP contribution in [-0.4, -0.2) is 17.0 Å². The molecule has 2 heterocycles. The van der Waals surface area contributed by atoms with Crippen LogP contribution in [0.5, 0.6) is 0 Å². The Labute approximate surface area is 116 Å². The van der Waals surface area contributed by atoms with Crippen molar-refractivity contribution in [1.29, 1.82) is 0 Å². The summed E-state index contributed by atoms with van der Waals surface area (Å²) in [5, 5.41) is 5.50. The highest BCUT2D eigenvalue weighted by Crippen LogP contribution is 2.25. The molecule has 0 amide bonds. The van der Waals surface area contributed by atoms with E-state index in [0.717, 1.165) is 17.5 Å². The SMILES string of the molecule is CNC(Cc1cccs1)c1cccc2nccnc12. The first kappa shape index (κ1) is 12.3. The fraction of sp³-hybridized carbons (Fsp3) is 0.200. The summed E-state index contributed by atoms with van der Waals surface area (Å²) in [6, 6.07) is 10.7. The quantitative estimate of drug-likeness (QED) is 0.790. The number of fused-ring (bicyclic) bond motifs is 1. The van der Waals surface area contributed by atoms with Crippen LogP contribution in [0.25, 0.3) is 11.0 Å². The number of thiophene rings is 1. The van der Waals surface area contributed by atoms with Gasteiger partial charge in [0, 0.05) is 29.7 Å². The van der Waals surface area contributed by atoms with E-state index >= 15 is 0 Å². The summed E-state index contributed by atoms with van der Waals surface area (Å²) in [6.07, 6.45) is 4.47. The fourth-order valence-corrected chi connectivity index (χ4v) is 3.05. The molecule has 96 valence electrons. The minimum Gasteiger partial charge on any atom is -0.313 e. The van der Waals surface area contributed by atoms with Gasteiger partial charge in [-0.25, -0.2) is 0 Å². The summed E-state index contributed by atoms with van der Waals surface area (Å²) in [4.78, 5) is 10.2. The molecule has 0 saturated carbocycles. The second kappa shape index (κ2) is 5.47. The molecule has 4 heteroatoms. The zero-order valence-electron chi connectivity index (χ0n) is 10.7. The van der Waals surface area contributed by atoms with Gasteiger partial charge in [-0.05, 0) is 30.1 Å². The molecule has 0 aliphatic heterocycles. The zero-order chi connectivity index (χ0) is 13.1. The average Bonchev–Trinajstić information content (AvgIpc) is 2.97. The largest absolute Gasteiger partial charge is 0.313 e. The normalized spacial score (nSPS) is 12.7. The summed E-state index contributed by atoms with van der Waals surface area (Å²) in [6.45, 7) is 0. The van der Waals surface area contributed by atoms with E-state index in [0.29, 0.717) is 0 Å². The summed E-state index contributed by atoms with van der Waals surface area (Å²) in [5.74, 6) is 0. The number of rotatable bonds is 4. The first-order valence-corrected chi connectivity index (χ1v) is 7.15. The predicted molar refractivity (Wildman–Crippen MR) is 79.4 cm³/mol. The van der Waals surface area contributed by atoms with Crippen molar-refractivity contribution in [2.75, 3.05) is 7.05 Å². The summed E-state index contributed by atoms with van der Waals surface area (Å²) in [7, 11) is 1.99. The second-order valence-corrected chi connectivity index (χ2v) is 5.43. The Kier molecular flexibility index (Phi) is 3.53. The molecule has 0 aliphatic rings. The standard InChI is InChI=1S/C15H15N3S/c1-16-14(10-11-4-3-9-19-11)12-5-2-6-13-15(12)18-8-7-17-13/h2-9,14,16H,10H2,1H3. The van der Waals surface area contributed by atoms with E-state index in [4.69, 9.17) is 0 Å². The summed E-state index contributed by atoms with van der Waals surface area (Å²) < 4.78 is 0. The lowest BCUT2D eigenvalue weighted by atomic mass is 10.0. The maximum atomic E-state index is 4.48. The molecule has 19 heavy (non-hydrogen) atoms. The molecular formula is C15H15N3S. The van der Waals surface area contributed by atoms with Crippen molar-refractivity contribution in [2.45, 2.75) is 12.5 Å². The molecule has 0 spiro atoms. The molecule has 3 nitrogen and oxygen atoms in total. The van der Waals surface area contributed by atoms with Crippen molar-refractivity contribution < 1.29 is 0 Å². The van der Waals surface area contributed by atoms with Crippen LogP contribution in [0.4, 0.5) is 0 Å². The van der Waals surface area contributed by atoms with Crippen molar-refractivity contribution in [2.24, 2.45) is 0 Å². The van der Waals surface area contributed by atoms with Gasteiger partial charge in [0.2, 0.25) is 0 Å². The van der Waals surface area contributed by atoms with Gasteiger partial charge in [0.05, 0.1) is 11.0 Å². The van der Waals surface area contributed by atoms with E-state index in [1.54, 1.807) is 23.7 Å². The molecule has 1 atom stereocenters. The Morgan fingerprint density at radius 1 is 1.16 bits per heavy atom. The van der Waals surface area contributed by atoms with Gasteiger partial charge < -0.3 is 5.32 Å². The zero-order valence-corrected chi connectivity index (χ0v) is 11.5. The molecule has 0 radical (unpaired) electrons. The number of benzene rings is 1. The van der Waals surface area contributed by atoms with Crippen molar-refractivity contribution >= 4 is 22.4 Å². The smallest absolute Gasteiger partial charge is 0.0934 e. The van der Waals surface area contributed by atoms with Crippen LogP contribution < -0.4 is 5.32 Å². The second-order valence-electron chi connectivity index (χ2n) is 4.40. The van der Waals surface area contributed by atoms with E-state index < -0.39 is 0 Å². The van der Waals surface area contributed by atoms with E-state index in [1.165, 1.54) is 10.4 Å². The molecule has 1 unspecified atom stereocenters. The molecule has 1 N–H and O–H groups in total. The third-order valence-corrected chi connectivity index (χ3v) is 4.14. The van der Waals surface area contributed by atoms with Crippen molar-refractivity contribution in [3.63, 3.8) is 0 Å². The maximum Gasteiger partial charge on any atom is 0.0934 e. The molecule has 1 aromatic carbocycles. The first-order valence-electron chi connectivity index (χ1n) is 6.28. The number of hydrogen-bond acceptors (Lipinski definition) is 4. The Morgan fingerprint density at radius 2 is 2.05 bits per heavy atom. The van der Waals surface area contributed by atoms with Gasteiger partial charge in [0.25, 0.3) is 0 Å². The average molecular weight is 269 g/mol. The fourth-order valence-electron chi connectivity index (χ4n) is 2.29. The number of likely N-dealkylation sites (N-methyl/N-ethyl adjacent to an activating group) is 1. The van der Waals surface area contributed by atoms with Crippen molar-refractivity contribution in [1.82, 2.24) is 15.3 Å². The summed E-state index contributed by atoms with van der Waals surface area (Å²) >= 11 is 1.79. The topological polar surface area (TPSA) is 37.8 Å². The number of para-hydroxylation sites is 1. The molecule has 3 aromatic rings. The summed E-state index contributed by atoms with van der Waals surface area (Å²) in [5.41, 5.74) is 3.15. The molecule has 3 rings (SSSR count). The minimum absolute atomic E-state index is 0.263. The van der Waals surface area contributed by atoms with E-state index in [2.05, 4.69) is 38.9 Å². The van der Waals surface area contributed by atoms with Crippen LogP contribution in [0, 0.1) is 0 Å². The maximum absolute atomic E-state index is 4.48. The third-order valence-electron chi connectivity index (χ3n) is 3.24. The van der Waals surface area contributed by atoms with Crippen LogP contribution in [-0.2, 0) is 6.42 Å². The lowest BCUT2D eigenvalue weighted by molar-refractivity contribution is 0.600. The lowest BCUT2D eigenvalue weighted by Gasteiger charge is -2.17. The van der Waals surface area contributed by atoms with Crippen molar-refractivity contribution in [3.8, 4) is 0 Å². The van der Waals surface area contributed by atoms with Gasteiger partial charge in [-0.15, -0.1) is 11.3 Å². The monoisotopic (exact) mass is 269 g/mol. The van der Waals surface area contributed by atoms with Gasteiger partial charge in [-0.1, -0.05) is 18.2 Å².